The van der Waals surface area contributed by atoms with E-state index in [4.69, 9.17) is 0 Å². The number of hydrogen-bond acceptors (Lipinski definition) is 2. The van der Waals surface area contributed by atoms with E-state index in [2.05, 4.69) is 24.4 Å². The molecule has 0 aliphatic heterocycles. The van der Waals surface area contributed by atoms with Crippen LogP contribution in [0.5, 0.6) is 0 Å². The van der Waals surface area contributed by atoms with Gasteiger partial charge in [-0.2, -0.15) is 0 Å². The Labute approximate surface area is 166 Å². The summed E-state index contributed by atoms with van der Waals surface area (Å²) in [5.74, 6) is -0.144. The molecule has 0 fully saturated rings. The minimum Gasteiger partial charge on any atom is -0.326 e. The fourth-order valence-electron chi connectivity index (χ4n) is 3.12. The molecule has 28 heavy (non-hydrogen) atoms. The van der Waals surface area contributed by atoms with E-state index in [-0.39, 0.29) is 24.5 Å². The van der Waals surface area contributed by atoms with Crippen LogP contribution < -0.4 is 5.32 Å². The van der Waals surface area contributed by atoms with Gasteiger partial charge in [-0.15, -0.1) is 0 Å². The van der Waals surface area contributed by atoms with Gasteiger partial charge in [-0.3, -0.25) is 9.59 Å². The Morgan fingerprint density at radius 2 is 1.43 bits per heavy atom. The maximum absolute atomic E-state index is 12.4. The van der Waals surface area contributed by atoms with Gasteiger partial charge in [-0.25, -0.2) is 0 Å². The van der Waals surface area contributed by atoms with Crippen LogP contribution in [0.2, 0.25) is 0 Å². The van der Waals surface area contributed by atoms with Crippen molar-refractivity contribution in [2.75, 3.05) is 5.32 Å². The molecular weight excluding hydrogens is 346 g/mol. The van der Waals surface area contributed by atoms with Crippen LogP contribution in [0.15, 0.2) is 78.9 Å². The maximum atomic E-state index is 12.4. The van der Waals surface area contributed by atoms with Crippen LogP contribution in [0.4, 0.5) is 5.69 Å². The number of benzene rings is 3. The lowest BCUT2D eigenvalue weighted by Crippen LogP contribution is -2.14. The van der Waals surface area contributed by atoms with E-state index in [0.717, 1.165) is 24.1 Å². The number of aryl methyl sites for hydroxylation is 1. The largest absolute Gasteiger partial charge is 0.326 e. The van der Waals surface area contributed by atoms with Crippen molar-refractivity contribution in [1.29, 1.82) is 0 Å². The number of hydrogen-bond donors (Lipinski definition) is 1. The lowest BCUT2D eigenvalue weighted by atomic mass is 10.0. The molecule has 0 bridgehead atoms. The first kappa shape index (κ1) is 19.6. The molecule has 1 N–H and O–H groups in total. The number of anilines is 1. The third-order valence-electron chi connectivity index (χ3n) is 4.79. The lowest BCUT2D eigenvalue weighted by molar-refractivity contribution is -0.116. The Morgan fingerprint density at radius 1 is 0.750 bits per heavy atom. The molecule has 3 heteroatoms. The Kier molecular flexibility index (Phi) is 6.74. The first-order chi connectivity index (χ1) is 13.7. The summed E-state index contributed by atoms with van der Waals surface area (Å²) in [5.41, 5.74) is 4.91. The van der Waals surface area contributed by atoms with Crippen LogP contribution >= 0.6 is 0 Å². The average Bonchev–Trinajstić information content (AvgIpc) is 2.74. The number of carbonyl (C=O) groups excluding carboxylic acids is 2. The second-order valence-electron chi connectivity index (χ2n) is 6.84. The Morgan fingerprint density at radius 3 is 2.14 bits per heavy atom. The monoisotopic (exact) mass is 371 g/mol. The molecule has 0 saturated heterocycles. The highest BCUT2D eigenvalue weighted by molar-refractivity contribution is 6.00. The lowest BCUT2D eigenvalue weighted by Gasteiger charge is -2.11. The van der Waals surface area contributed by atoms with Gasteiger partial charge in [0.2, 0.25) is 5.91 Å². The van der Waals surface area contributed by atoms with Gasteiger partial charge in [0.1, 0.15) is 0 Å². The normalized spacial score (nSPS) is 10.5. The fraction of sp³-hybridized carbons (Fsp3) is 0.200. The minimum absolute atomic E-state index is 0.00428. The predicted octanol–water partition coefficient (Wildman–Crippen LogP) is 5.44. The Balaban J connectivity index is 1.58. The van der Waals surface area contributed by atoms with Crippen LogP contribution in [0.3, 0.4) is 0 Å². The van der Waals surface area contributed by atoms with E-state index in [0.29, 0.717) is 5.56 Å². The molecule has 1 amide bonds. The highest BCUT2D eigenvalue weighted by atomic mass is 16.2. The number of Topliss-reactive ketones (excluding diaryl/α,β-unsaturated/α-hetero) is 1. The van der Waals surface area contributed by atoms with Crippen molar-refractivity contribution in [1.82, 2.24) is 0 Å². The predicted molar refractivity (Wildman–Crippen MR) is 114 cm³/mol. The molecule has 3 aromatic rings. The van der Waals surface area contributed by atoms with Gasteiger partial charge in [0, 0.05) is 24.1 Å². The first-order valence-corrected chi connectivity index (χ1v) is 9.69. The molecule has 0 atom stereocenters. The zero-order chi connectivity index (χ0) is 19.8. The molecule has 3 rings (SSSR count). The second-order valence-corrected chi connectivity index (χ2v) is 6.84. The molecule has 0 heterocycles. The second kappa shape index (κ2) is 9.65. The standard InChI is InChI=1S/C25H25NO2/c1-2-19-12-14-21(15-13-19)24(27)16-17-25(28)26-23-11-7-6-10-22(23)18-20-8-4-3-5-9-20/h3-15H,2,16-18H2,1H3,(H,26,28). The summed E-state index contributed by atoms with van der Waals surface area (Å²) in [6.07, 6.45) is 2.07. The number of carbonyl (C=O) groups is 2. The van der Waals surface area contributed by atoms with Crippen LogP contribution in [-0.2, 0) is 17.6 Å². The van der Waals surface area contributed by atoms with Gasteiger partial charge in [-0.05, 0) is 35.6 Å². The maximum Gasteiger partial charge on any atom is 0.224 e. The van der Waals surface area contributed by atoms with Crippen molar-refractivity contribution >= 4 is 17.4 Å². The quantitative estimate of drug-likeness (QED) is 0.536. The van der Waals surface area contributed by atoms with Gasteiger partial charge in [0.25, 0.3) is 0 Å². The minimum atomic E-state index is -0.140. The molecule has 0 radical (unpaired) electrons. The molecule has 0 aromatic heterocycles. The zero-order valence-electron chi connectivity index (χ0n) is 16.2. The summed E-state index contributed by atoms with van der Waals surface area (Å²) in [4.78, 5) is 24.7. The summed E-state index contributed by atoms with van der Waals surface area (Å²) in [7, 11) is 0. The third-order valence-corrected chi connectivity index (χ3v) is 4.79. The highest BCUT2D eigenvalue weighted by Gasteiger charge is 2.11. The van der Waals surface area contributed by atoms with Gasteiger partial charge in [0.05, 0.1) is 0 Å². The topological polar surface area (TPSA) is 46.2 Å². The summed E-state index contributed by atoms with van der Waals surface area (Å²) in [6.45, 7) is 2.08. The molecule has 3 nitrogen and oxygen atoms in total. The number of ketones is 1. The Bertz CT molecular complexity index is 930. The number of para-hydroxylation sites is 1. The van der Waals surface area contributed by atoms with E-state index in [1.807, 2.05) is 66.7 Å². The van der Waals surface area contributed by atoms with Gasteiger partial charge >= 0.3 is 0 Å². The number of nitrogens with one attached hydrogen (secondary N) is 1. The van der Waals surface area contributed by atoms with Crippen molar-refractivity contribution in [3.8, 4) is 0 Å². The fourth-order valence-corrected chi connectivity index (χ4v) is 3.12. The van der Waals surface area contributed by atoms with Crippen molar-refractivity contribution in [3.05, 3.63) is 101 Å². The smallest absolute Gasteiger partial charge is 0.224 e. The van der Waals surface area contributed by atoms with Crippen molar-refractivity contribution < 1.29 is 9.59 Å². The van der Waals surface area contributed by atoms with Crippen molar-refractivity contribution in [2.45, 2.75) is 32.6 Å². The summed E-state index contributed by atoms with van der Waals surface area (Å²) in [6, 6.07) is 25.6. The van der Waals surface area contributed by atoms with Crippen LogP contribution in [0, 0.1) is 0 Å². The SMILES string of the molecule is CCc1ccc(C(=O)CCC(=O)Nc2ccccc2Cc2ccccc2)cc1. The number of rotatable bonds is 8. The average molecular weight is 371 g/mol. The van der Waals surface area contributed by atoms with Crippen molar-refractivity contribution in [3.63, 3.8) is 0 Å². The molecular formula is C25H25NO2. The van der Waals surface area contributed by atoms with E-state index in [1.165, 1.54) is 11.1 Å². The van der Waals surface area contributed by atoms with Crippen LogP contribution in [-0.4, -0.2) is 11.7 Å². The van der Waals surface area contributed by atoms with Gasteiger partial charge < -0.3 is 5.32 Å². The molecule has 142 valence electrons. The zero-order valence-corrected chi connectivity index (χ0v) is 16.2. The first-order valence-electron chi connectivity index (χ1n) is 9.69. The summed E-state index contributed by atoms with van der Waals surface area (Å²) in [5, 5.41) is 2.96. The molecule has 0 aliphatic carbocycles. The highest BCUT2D eigenvalue weighted by Crippen LogP contribution is 2.19. The summed E-state index contributed by atoms with van der Waals surface area (Å²) >= 11 is 0. The molecule has 0 aliphatic rings. The molecule has 0 unspecified atom stereocenters. The molecule has 0 saturated carbocycles. The van der Waals surface area contributed by atoms with Crippen LogP contribution in [0.25, 0.3) is 0 Å². The van der Waals surface area contributed by atoms with E-state index in [1.54, 1.807) is 0 Å². The Hall–Kier alpha value is -3.20. The van der Waals surface area contributed by atoms with E-state index in [9.17, 15) is 9.59 Å². The third kappa shape index (κ3) is 5.40. The van der Waals surface area contributed by atoms with Crippen molar-refractivity contribution in [2.24, 2.45) is 0 Å². The molecule has 0 spiro atoms. The van der Waals surface area contributed by atoms with E-state index >= 15 is 0 Å². The van der Waals surface area contributed by atoms with Gasteiger partial charge in [0.15, 0.2) is 5.78 Å². The summed E-state index contributed by atoms with van der Waals surface area (Å²) < 4.78 is 0. The van der Waals surface area contributed by atoms with Gasteiger partial charge in [-0.1, -0.05) is 79.7 Å². The van der Waals surface area contributed by atoms with Crippen LogP contribution in [0.1, 0.15) is 46.8 Å². The molecule has 3 aromatic carbocycles. The number of amides is 1. The van der Waals surface area contributed by atoms with E-state index < -0.39 is 0 Å².